The number of ether oxygens (including phenoxy) is 2. The second-order valence-electron chi connectivity index (χ2n) is 9.68. The van der Waals surface area contributed by atoms with Crippen molar-refractivity contribution in [3.63, 3.8) is 0 Å². The molecule has 0 spiro atoms. The molecule has 7 heteroatoms. The first-order valence-electron chi connectivity index (χ1n) is 12.9. The molecule has 2 amide bonds. The number of halogens is 1. The fourth-order valence-corrected chi connectivity index (χ4v) is 5.24. The molecule has 1 aliphatic heterocycles. The number of nitrogens with zero attached hydrogens (tertiary/aromatic N) is 2. The van der Waals surface area contributed by atoms with Gasteiger partial charge in [-0.3, -0.25) is 4.90 Å². The van der Waals surface area contributed by atoms with Crippen molar-refractivity contribution in [3.05, 3.63) is 64.7 Å². The molecule has 2 fully saturated rings. The fourth-order valence-electron chi connectivity index (χ4n) is 5.02. The summed E-state index contributed by atoms with van der Waals surface area (Å²) in [7, 11) is 1.68. The Morgan fingerprint density at radius 3 is 2.57 bits per heavy atom. The first kappa shape index (κ1) is 25.8. The van der Waals surface area contributed by atoms with Gasteiger partial charge in [0, 0.05) is 44.3 Å². The summed E-state index contributed by atoms with van der Waals surface area (Å²) in [6.07, 6.45) is 6.31. The number of hydrogen-bond acceptors (Lipinski definition) is 4. The molecule has 1 aliphatic carbocycles. The van der Waals surface area contributed by atoms with Gasteiger partial charge < -0.3 is 19.7 Å². The third kappa shape index (κ3) is 7.86. The van der Waals surface area contributed by atoms with E-state index in [-0.39, 0.29) is 12.1 Å². The van der Waals surface area contributed by atoms with Crippen LogP contribution in [-0.2, 0) is 11.3 Å². The van der Waals surface area contributed by atoms with E-state index in [2.05, 4.69) is 16.3 Å². The smallest absolute Gasteiger partial charge is 0.317 e. The molecule has 190 valence electrons. The average molecular weight is 500 g/mol. The standard InChI is InChI=1S/C28H38ClN3O3/c1-34-26-12-6-10-24(18-26)27(35-21-23-9-5-11-25(29)17-23)20-31-13-15-32(16-14-31)28(33)30-19-22-7-3-2-4-8-22/h5-6,9-12,17-18,22,27H,2-4,7-8,13-16,19-21H2,1H3,(H,30,33). The largest absolute Gasteiger partial charge is 0.497 e. The van der Waals surface area contributed by atoms with E-state index in [1.54, 1.807) is 7.11 Å². The molecule has 35 heavy (non-hydrogen) atoms. The van der Waals surface area contributed by atoms with E-state index >= 15 is 0 Å². The second kappa shape index (κ2) is 13.1. The number of nitrogens with one attached hydrogen (secondary N) is 1. The Kier molecular flexibility index (Phi) is 9.69. The summed E-state index contributed by atoms with van der Waals surface area (Å²) in [6, 6.07) is 15.9. The van der Waals surface area contributed by atoms with Crippen molar-refractivity contribution in [2.75, 3.05) is 46.4 Å². The molecular formula is C28H38ClN3O3. The van der Waals surface area contributed by atoms with Crippen LogP contribution in [0.25, 0.3) is 0 Å². The van der Waals surface area contributed by atoms with Gasteiger partial charge in [-0.15, -0.1) is 0 Å². The maximum Gasteiger partial charge on any atom is 0.317 e. The van der Waals surface area contributed by atoms with Crippen LogP contribution >= 0.6 is 11.6 Å². The Bertz CT molecular complexity index is 943. The van der Waals surface area contributed by atoms with Gasteiger partial charge in [0.1, 0.15) is 5.75 Å². The van der Waals surface area contributed by atoms with E-state index in [4.69, 9.17) is 21.1 Å². The van der Waals surface area contributed by atoms with Gasteiger partial charge >= 0.3 is 6.03 Å². The molecule has 1 atom stereocenters. The Labute approximate surface area is 214 Å². The molecule has 1 heterocycles. The predicted octanol–water partition coefficient (Wildman–Crippen LogP) is 5.51. The van der Waals surface area contributed by atoms with Crippen LogP contribution < -0.4 is 10.1 Å². The molecule has 2 aromatic carbocycles. The number of rotatable bonds is 9. The lowest BCUT2D eigenvalue weighted by Crippen LogP contribution is -2.53. The Morgan fingerprint density at radius 1 is 1.06 bits per heavy atom. The maximum atomic E-state index is 12.7. The third-order valence-electron chi connectivity index (χ3n) is 7.16. The summed E-state index contributed by atoms with van der Waals surface area (Å²) in [4.78, 5) is 17.0. The highest BCUT2D eigenvalue weighted by Gasteiger charge is 2.25. The van der Waals surface area contributed by atoms with E-state index in [1.165, 1.54) is 32.1 Å². The summed E-state index contributed by atoms with van der Waals surface area (Å²) in [5.41, 5.74) is 2.13. The zero-order valence-electron chi connectivity index (χ0n) is 20.8. The van der Waals surface area contributed by atoms with Crippen molar-refractivity contribution in [1.82, 2.24) is 15.1 Å². The van der Waals surface area contributed by atoms with Crippen LogP contribution in [0.5, 0.6) is 5.75 Å². The molecular weight excluding hydrogens is 462 g/mol. The lowest BCUT2D eigenvalue weighted by molar-refractivity contribution is 0.00544. The molecule has 6 nitrogen and oxygen atoms in total. The van der Waals surface area contributed by atoms with Crippen LogP contribution in [0.4, 0.5) is 4.79 Å². The van der Waals surface area contributed by atoms with Gasteiger partial charge in [0.25, 0.3) is 0 Å². The number of carbonyl (C=O) groups is 1. The van der Waals surface area contributed by atoms with Crippen LogP contribution in [0.3, 0.4) is 0 Å². The topological polar surface area (TPSA) is 54.0 Å². The summed E-state index contributed by atoms with van der Waals surface area (Å²) >= 11 is 6.16. The normalized spacial score (nSPS) is 18.3. The molecule has 0 bridgehead atoms. The lowest BCUT2D eigenvalue weighted by Gasteiger charge is -2.36. The molecule has 1 unspecified atom stereocenters. The third-order valence-corrected chi connectivity index (χ3v) is 7.39. The number of urea groups is 1. The number of benzene rings is 2. The zero-order valence-corrected chi connectivity index (χ0v) is 21.5. The van der Waals surface area contributed by atoms with Crippen molar-refractivity contribution in [1.29, 1.82) is 0 Å². The van der Waals surface area contributed by atoms with Gasteiger partial charge in [0.15, 0.2) is 0 Å². The van der Waals surface area contributed by atoms with Crippen molar-refractivity contribution >= 4 is 17.6 Å². The van der Waals surface area contributed by atoms with Gasteiger partial charge in [0.05, 0.1) is 19.8 Å². The fraction of sp³-hybridized carbons (Fsp3) is 0.536. The molecule has 1 saturated carbocycles. The average Bonchev–Trinajstić information content (AvgIpc) is 2.90. The SMILES string of the molecule is COc1cccc(C(CN2CCN(C(=O)NCC3CCCCC3)CC2)OCc2cccc(Cl)c2)c1. The van der Waals surface area contributed by atoms with Crippen LogP contribution in [-0.4, -0.2) is 62.2 Å². The maximum absolute atomic E-state index is 12.7. The number of carbonyl (C=O) groups excluding carboxylic acids is 1. The first-order chi connectivity index (χ1) is 17.1. The van der Waals surface area contributed by atoms with Crippen molar-refractivity contribution in [2.45, 2.75) is 44.8 Å². The van der Waals surface area contributed by atoms with Gasteiger partial charge in [-0.25, -0.2) is 4.79 Å². The zero-order chi connectivity index (χ0) is 24.5. The van der Waals surface area contributed by atoms with Crippen molar-refractivity contribution in [2.24, 2.45) is 5.92 Å². The van der Waals surface area contributed by atoms with E-state index in [0.29, 0.717) is 17.5 Å². The molecule has 2 aromatic rings. The summed E-state index contributed by atoms with van der Waals surface area (Å²) < 4.78 is 11.8. The number of piperazine rings is 1. The van der Waals surface area contributed by atoms with E-state index < -0.39 is 0 Å². The van der Waals surface area contributed by atoms with Gasteiger partial charge in [-0.1, -0.05) is 55.1 Å². The quantitative estimate of drug-likeness (QED) is 0.494. The molecule has 1 N–H and O–H groups in total. The van der Waals surface area contributed by atoms with E-state index in [0.717, 1.165) is 56.1 Å². The van der Waals surface area contributed by atoms with Gasteiger partial charge in [-0.05, 0) is 54.2 Å². The number of amides is 2. The summed E-state index contributed by atoms with van der Waals surface area (Å²) in [5.74, 6) is 1.47. The minimum atomic E-state index is -0.115. The Balaban J connectivity index is 1.31. The molecule has 1 saturated heterocycles. The predicted molar refractivity (Wildman–Crippen MR) is 140 cm³/mol. The lowest BCUT2D eigenvalue weighted by atomic mass is 9.89. The van der Waals surface area contributed by atoms with Crippen molar-refractivity contribution < 1.29 is 14.3 Å². The second-order valence-corrected chi connectivity index (χ2v) is 10.1. The van der Waals surface area contributed by atoms with Crippen LogP contribution in [0.1, 0.15) is 49.3 Å². The van der Waals surface area contributed by atoms with Gasteiger partial charge in [-0.2, -0.15) is 0 Å². The highest BCUT2D eigenvalue weighted by Crippen LogP contribution is 2.26. The highest BCUT2D eigenvalue weighted by molar-refractivity contribution is 6.30. The number of hydrogen-bond donors (Lipinski definition) is 1. The van der Waals surface area contributed by atoms with E-state index in [1.807, 2.05) is 47.4 Å². The summed E-state index contributed by atoms with van der Waals surface area (Å²) in [6.45, 7) is 5.17. The van der Waals surface area contributed by atoms with Crippen LogP contribution in [0.2, 0.25) is 5.02 Å². The van der Waals surface area contributed by atoms with Crippen LogP contribution in [0.15, 0.2) is 48.5 Å². The van der Waals surface area contributed by atoms with E-state index in [9.17, 15) is 4.79 Å². The van der Waals surface area contributed by atoms with Crippen molar-refractivity contribution in [3.8, 4) is 5.75 Å². The minimum Gasteiger partial charge on any atom is -0.497 e. The monoisotopic (exact) mass is 499 g/mol. The number of methoxy groups -OCH3 is 1. The minimum absolute atomic E-state index is 0.0803. The molecule has 4 rings (SSSR count). The molecule has 2 aliphatic rings. The summed E-state index contributed by atoms with van der Waals surface area (Å²) in [5, 5.41) is 3.89. The highest BCUT2D eigenvalue weighted by atomic mass is 35.5. The first-order valence-corrected chi connectivity index (χ1v) is 13.2. The molecule has 0 aromatic heterocycles. The Hall–Kier alpha value is -2.28. The Morgan fingerprint density at radius 2 is 1.83 bits per heavy atom. The van der Waals surface area contributed by atoms with Gasteiger partial charge in [0.2, 0.25) is 0 Å². The molecule has 0 radical (unpaired) electrons. The van der Waals surface area contributed by atoms with Crippen LogP contribution in [0, 0.1) is 5.92 Å².